The molecular formula is C13H30N2O. The Bertz CT molecular complexity index is 185. The molecule has 0 fully saturated rings. The van der Waals surface area contributed by atoms with Gasteiger partial charge in [-0.25, -0.2) is 0 Å². The molecule has 0 aromatic rings. The second-order valence-electron chi connectivity index (χ2n) is 4.94. The number of ether oxygens (including phenoxy) is 1. The fourth-order valence-corrected chi connectivity index (χ4v) is 2.53. The van der Waals surface area contributed by atoms with E-state index in [1.807, 2.05) is 0 Å². The highest BCUT2D eigenvalue weighted by atomic mass is 16.5. The first kappa shape index (κ1) is 15.9. The van der Waals surface area contributed by atoms with Crippen molar-refractivity contribution in [1.29, 1.82) is 0 Å². The van der Waals surface area contributed by atoms with Gasteiger partial charge in [0, 0.05) is 19.7 Å². The van der Waals surface area contributed by atoms with Gasteiger partial charge in [-0.05, 0) is 25.8 Å². The first-order valence-electron chi connectivity index (χ1n) is 6.45. The van der Waals surface area contributed by atoms with Crippen molar-refractivity contribution in [2.24, 2.45) is 11.7 Å². The van der Waals surface area contributed by atoms with Gasteiger partial charge in [-0.3, -0.25) is 4.90 Å². The largest absolute Gasteiger partial charge is 0.383 e. The Labute approximate surface area is 101 Å². The molecule has 0 spiro atoms. The minimum Gasteiger partial charge on any atom is -0.383 e. The lowest BCUT2D eigenvalue weighted by molar-refractivity contribution is -0.0350. The average molecular weight is 230 g/mol. The van der Waals surface area contributed by atoms with Crippen LogP contribution in [0.2, 0.25) is 0 Å². The van der Waals surface area contributed by atoms with Crippen LogP contribution in [0.1, 0.15) is 41.0 Å². The van der Waals surface area contributed by atoms with Crippen LogP contribution in [0.25, 0.3) is 0 Å². The second-order valence-corrected chi connectivity index (χ2v) is 4.94. The van der Waals surface area contributed by atoms with E-state index in [1.54, 1.807) is 7.11 Å². The summed E-state index contributed by atoms with van der Waals surface area (Å²) in [6.45, 7) is 13.5. The van der Waals surface area contributed by atoms with Crippen molar-refractivity contribution in [3.63, 3.8) is 0 Å². The Morgan fingerprint density at radius 3 is 2.06 bits per heavy atom. The average Bonchev–Trinajstić information content (AvgIpc) is 2.27. The quantitative estimate of drug-likeness (QED) is 0.694. The van der Waals surface area contributed by atoms with E-state index in [0.717, 1.165) is 13.0 Å². The molecule has 0 saturated carbocycles. The molecule has 2 N–H and O–H groups in total. The zero-order valence-corrected chi connectivity index (χ0v) is 11.9. The van der Waals surface area contributed by atoms with E-state index in [0.29, 0.717) is 25.1 Å². The Balaban J connectivity index is 5.08. The van der Waals surface area contributed by atoms with E-state index >= 15 is 0 Å². The standard InChI is InChI=1S/C13H30N2O/c1-7-12(5)15(8-2)13(9-14,10-16-6)11(3)4/h11-12H,7-10,14H2,1-6H3. The van der Waals surface area contributed by atoms with Crippen LogP contribution in [-0.2, 0) is 4.74 Å². The van der Waals surface area contributed by atoms with Gasteiger partial charge in [0.1, 0.15) is 0 Å². The van der Waals surface area contributed by atoms with Gasteiger partial charge in [0.2, 0.25) is 0 Å². The predicted octanol–water partition coefficient (Wildman–Crippen LogP) is 2.11. The van der Waals surface area contributed by atoms with Crippen molar-refractivity contribution in [3.8, 4) is 0 Å². The molecule has 0 aromatic heterocycles. The van der Waals surface area contributed by atoms with Crippen LogP contribution in [0.3, 0.4) is 0 Å². The zero-order chi connectivity index (χ0) is 12.8. The maximum absolute atomic E-state index is 6.04. The normalized spacial score (nSPS) is 17.8. The molecule has 0 aliphatic heterocycles. The van der Waals surface area contributed by atoms with Crippen LogP contribution < -0.4 is 5.73 Å². The van der Waals surface area contributed by atoms with E-state index in [4.69, 9.17) is 10.5 Å². The van der Waals surface area contributed by atoms with Gasteiger partial charge in [0.25, 0.3) is 0 Å². The highest BCUT2D eigenvalue weighted by Crippen LogP contribution is 2.27. The van der Waals surface area contributed by atoms with E-state index in [2.05, 4.69) is 39.5 Å². The van der Waals surface area contributed by atoms with Gasteiger partial charge >= 0.3 is 0 Å². The third-order valence-electron chi connectivity index (χ3n) is 3.86. The van der Waals surface area contributed by atoms with Gasteiger partial charge in [0.15, 0.2) is 0 Å². The predicted molar refractivity (Wildman–Crippen MR) is 70.6 cm³/mol. The maximum atomic E-state index is 6.04. The van der Waals surface area contributed by atoms with Crippen LogP contribution in [0.5, 0.6) is 0 Å². The highest BCUT2D eigenvalue weighted by Gasteiger charge is 2.39. The van der Waals surface area contributed by atoms with Gasteiger partial charge in [-0.1, -0.05) is 27.7 Å². The molecule has 3 nitrogen and oxygen atoms in total. The topological polar surface area (TPSA) is 38.5 Å². The van der Waals surface area contributed by atoms with Gasteiger partial charge < -0.3 is 10.5 Å². The van der Waals surface area contributed by atoms with E-state index < -0.39 is 0 Å². The lowest BCUT2D eigenvalue weighted by atomic mass is 9.83. The molecule has 0 saturated heterocycles. The van der Waals surface area contributed by atoms with Crippen molar-refractivity contribution in [1.82, 2.24) is 4.90 Å². The minimum atomic E-state index is -0.0288. The minimum absolute atomic E-state index is 0.0288. The molecule has 0 heterocycles. The van der Waals surface area contributed by atoms with E-state index in [-0.39, 0.29) is 5.54 Å². The second kappa shape index (κ2) is 7.25. The number of hydrogen-bond acceptors (Lipinski definition) is 3. The van der Waals surface area contributed by atoms with E-state index in [1.165, 1.54) is 0 Å². The Hall–Kier alpha value is -0.120. The van der Waals surface area contributed by atoms with E-state index in [9.17, 15) is 0 Å². The van der Waals surface area contributed by atoms with Crippen LogP contribution >= 0.6 is 0 Å². The number of likely N-dealkylation sites (N-methyl/N-ethyl adjacent to an activating group) is 1. The fourth-order valence-electron chi connectivity index (χ4n) is 2.53. The summed E-state index contributed by atoms with van der Waals surface area (Å²) in [7, 11) is 1.76. The van der Waals surface area contributed by atoms with Crippen LogP contribution in [0.4, 0.5) is 0 Å². The molecule has 0 aliphatic carbocycles. The number of hydrogen-bond donors (Lipinski definition) is 1. The number of rotatable bonds is 8. The molecular weight excluding hydrogens is 200 g/mol. The first-order chi connectivity index (χ1) is 7.49. The lowest BCUT2D eigenvalue weighted by Gasteiger charge is -2.48. The van der Waals surface area contributed by atoms with Gasteiger partial charge in [0.05, 0.1) is 12.1 Å². The molecule has 0 aromatic carbocycles. The maximum Gasteiger partial charge on any atom is 0.0661 e. The summed E-state index contributed by atoms with van der Waals surface area (Å²) < 4.78 is 5.42. The van der Waals surface area contributed by atoms with Crippen LogP contribution in [0.15, 0.2) is 0 Å². The van der Waals surface area contributed by atoms with Crippen molar-refractivity contribution >= 4 is 0 Å². The number of methoxy groups -OCH3 is 1. The summed E-state index contributed by atoms with van der Waals surface area (Å²) in [5.41, 5.74) is 6.01. The number of nitrogens with zero attached hydrogens (tertiary/aromatic N) is 1. The summed E-state index contributed by atoms with van der Waals surface area (Å²) in [6, 6.07) is 0.547. The monoisotopic (exact) mass is 230 g/mol. The lowest BCUT2D eigenvalue weighted by Crippen LogP contribution is -2.62. The van der Waals surface area contributed by atoms with Crippen molar-refractivity contribution in [2.75, 3.05) is 26.8 Å². The first-order valence-corrected chi connectivity index (χ1v) is 6.45. The van der Waals surface area contributed by atoms with Crippen molar-refractivity contribution in [2.45, 2.75) is 52.6 Å². The molecule has 0 rings (SSSR count). The SMILES string of the molecule is CCC(C)N(CC)C(CN)(COC)C(C)C. The molecule has 3 heteroatoms. The highest BCUT2D eigenvalue weighted by molar-refractivity contribution is 4.96. The van der Waals surface area contributed by atoms with Gasteiger partial charge in [-0.2, -0.15) is 0 Å². The van der Waals surface area contributed by atoms with Crippen LogP contribution in [-0.4, -0.2) is 43.3 Å². The molecule has 0 aliphatic rings. The molecule has 2 atom stereocenters. The summed E-state index contributed by atoms with van der Waals surface area (Å²) >= 11 is 0. The molecule has 0 radical (unpaired) electrons. The third-order valence-corrected chi connectivity index (χ3v) is 3.86. The third kappa shape index (κ3) is 3.19. The molecule has 2 unspecified atom stereocenters. The van der Waals surface area contributed by atoms with Crippen LogP contribution in [0, 0.1) is 5.92 Å². The molecule has 98 valence electrons. The van der Waals surface area contributed by atoms with Gasteiger partial charge in [-0.15, -0.1) is 0 Å². The number of nitrogens with two attached hydrogens (primary N) is 1. The summed E-state index contributed by atoms with van der Waals surface area (Å²) in [6.07, 6.45) is 1.14. The summed E-state index contributed by atoms with van der Waals surface area (Å²) in [5.74, 6) is 0.492. The molecule has 16 heavy (non-hydrogen) atoms. The Kier molecular flexibility index (Phi) is 7.20. The summed E-state index contributed by atoms with van der Waals surface area (Å²) in [4.78, 5) is 2.50. The Morgan fingerprint density at radius 1 is 1.25 bits per heavy atom. The molecule has 0 bridgehead atoms. The molecule has 0 amide bonds. The van der Waals surface area contributed by atoms with Crippen molar-refractivity contribution in [3.05, 3.63) is 0 Å². The summed E-state index contributed by atoms with van der Waals surface area (Å²) in [5, 5.41) is 0. The van der Waals surface area contributed by atoms with Crippen molar-refractivity contribution < 1.29 is 4.74 Å². The fraction of sp³-hybridized carbons (Fsp3) is 1.00. The Morgan fingerprint density at radius 2 is 1.81 bits per heavy atom. The zero-order valence-electron chi connectivity index (χ0n) is 11.9. The smallest absolute Gasteiger partial charge is 0.0661 e.